The number of carbonyl (C=O) groups excluding carboxylic acids is 2. The Morgan fingerprint density at radius 3 is 2.67 bits per heavy atom. The summed E-state index contributed by atoms with van der Waals surface area (Å²) in [6.45, 7) is 7.49. The molecule has 2 atom stereocenters. The fourth-order valence-electron chi connectivity index (χ4n) is 4.15. The summed E-state index contributed by atoms with van der Waals surface area (Å²) in [5.41, 5.74) is 7.36. The van der Waals surface area contributed by atoms with Gasteiger partial charge in [-0.15, -0.1) is 0 Å². The number of carbonyl (C=O) groups is 2. The highest BCUT2D eigenvalue weighted by Gasteiger charge is 2.36. The van der Waals surface area contributed by atoms with Gasteiger partial charge in [0.05, 0.1) is 0 Å². The Morgan fingerprint density at radius 2 is 2.00 bits per heavy atom. The zero-order valence-corrected chi connectivity index (χ0v) is 16.3. The molecule has 27 heavy (non-hydrogen) atoms. The van der Waals surface area contributed by atoms with Gasteiger partial charge in [0.25, 0.3) is 5.91 Å². The molecule has 2 aliphatic heterocycles. The molecule has 148 valence electrons. The molecule has 3 N–H and O–H groups in total. The maximum absolute atomic E-state index is 12.6. The summed E-state index contributed by atoms with van der Waals surface area (Å²) < 4.78 is 5.68. The highest BCUT2D eigenvalue weighted by atomic mass is 16.5. The van der Waals surface area contributed by atoms with E-state index in [1.807, 2.05) is 18.2 Å². The van der Waals surface area contributed by atoms with Crippen LogP contribution in [0.1, 0.15) is 38.7 Å². The van der Waals surface area contributed by atoms with Crippen molar-refractivity contribution in [1.82, 2.24) is 4.90 Å². The van der Waals surface area contributed by atoms with Gasteiger partial charge in [-0.25, -0.2) is 0 Å². The Labute approximate surface area is 161 Å². The van der Waals surface area contributed by atoms with E-state index in [2.05, 4.69) is 30.1 Å². The van der Waals surface area contributed by atoms with Crippen LogP contribution in [0.4, 0.5) is 5.69 Å². The van der Waals surface area contributed by atoms with E-state index in [1.54, 1.807) is 0 Å². The third-order valence-electron chi connectivity index (χ3n) is 5.84. The van der Waals surface area contributed by atoms with E-state index in [9.17, 15) is 9.59 Å². The molecular weight excluding hydrogens is 342 g/mol. The first kappa shape index (κ1) is 19.8. The van der Waals surface area contributed by atoms with E-state index in [4.69, 9.17) is 10.5 Å². The summed E-state index contributed by atoms with van der Waals surface area (Å²) in [7, 11) is 0. The molecule has 1 aromatic carbocycles. The lowest BCUT2D eigenvalue weighted by molar-refractivity contribution is -0.127. The monoisotopic (exact) mass is 373 g/mol. The molecule has 1 aromatic rings. The average Bonchev–Trinajstić information content (AvgIpc) is 3.13. The maximum atomic E-state index is 12.6. The predicted octanol–water partition coefficient (Wildman–Crippen LogP) is 2.38. The Kier molecular flexibility index (Phi) is 6.50. The first-order valence-corrected chi connectivity index (χ1v) is 9.97. The number of nitrogens with two attached hydrogens (primary N) is 1. The van der Waals surface area contributed by atoms with Gasteiger partial charge in [-0.3, -0.25) is 14.5 Å². The standard InChI is InChI=1S/C21H31N3O3/c1-14(2)18-8-11-27-19(18)21(26)23-17-5-3-4-15(12-17)13-24-9-6-16(7-10-24)20(22)25/h3-5,12,14,16,18-19H,6-11,13H2,1-2H3,(H2,22,25)(H,23,26)/t18-,19-/m1/s1. The van der Waals surface area contributed by atoms with Gasteiger partial charge in [-0.2, -0.15) is 0 Å². The van der Waals surface area contributed by atoms with E-state index < -0.39 is 0 Å². The van der Waals surface area contributed by atoms with Crippen LogP contribution >= 0.6 is 0 Å². The number of benzene rings is 1. The van der Waals surface area contributed by atoms with Crippen molar-refractivity contribution >= 4 is 17.5 Å². The normalized spacial score (nSPS) is 24.3. The highest BCUT2D eigenvalue weighted by molar-refractivity contribution is 5.94. The number of hydrogen-bond acceptors (Lipinski definition) is 4. The molecule has 0 aliphatic carbocycles. The average molecular weight is 373 g/mol. The summed E-state index contributed by atoms with van der Waals surface area (Å²) in [4.78, 5) is 26.3. The number of nitrogens with zero attached hydrogens (tertiary/aromatic N) is 1. The Bertz CT molecular complexity index is 668. The van der Waals surface area contributed by atoms with Crippen LogP contribution in [0.25, 0.3) is 0 Å². The van der Waals surface area contributed by atoms with Crippen molar-refractivity contribution in [3.8, 4) is 0 Å². The van der Waals surface area contributed by atoms with Gasteiger partial charge in [0.15, 0.2) is 0 Å². The third-order valence-corrected chi connectivity index (χ3v) is 5.84. The molecule has 6 heteroatoms. The van der Waals surface area contributed by atoms with Gasteiger partial charge in [0, 0.05) is 24.8 Å². The number of rotatable bonds is 6. The summed E-state index contributed by atoms with van der Waals surface area (Å²) in [5, 5.41) is 3.02. The van der Waals surface area contributed by atoms with Crippen molar-refractivity contribution in [2.45, 2.75) is 45.8 Å². The smallest absolute Gasteiger partial charge is 0.253 e. The molecule has 2 aliphatic rings. The Balaban J connectivity index is 1.56. The van der Waals surface area contributed by atoms with E-state index in [0.717, 1.165) is 50.1 Å². The number of anilines is 1. The Morgan fingerprint density at radius 1 is 1.26 bits per heavy atom. The van der Waals surface area contributed by atoms with Crippen LogP contribution in [-0.2, 0) is 20.9 Å². The number of likely N-dealkylation sites (tertiary alicyclic amines) is 1. The molecule has 2 saturated heterocycles. The first-order valence-electron chi connectivity index (χ1n) is 9.97. The molecule has 2 amide bonds. The van der Waals surface area contributed by atoms with E-state index in [0.29, 0.717) is 12.5 Å². The molecule has 2 heterocycles. The highest BCUT2D eigenvalue weighted by Crippen LogP contribution is 2.29. The van der Waals surface area contributed by atoms with Crippen LogP contribution < -0.4 is 11.1 Å². The predicted molar refractivity (Wildman–Crippen MR) is 105 cm³/mol. The number of nitrogens with one attached hydrogen (secondary N) is 1. The van der Waals surface area contributed by atoms with Crippen LogP contribution in [-0.4, -0.2) is 42.5 Å². The lowest BCUT2D eigenvalue weighted by Gasteiger charge is -2.30. The first-order chi connectivity index (χ1) is 12.9. The van der Waals surface area contributed by atoms with Crippen molar-refractivity contribution in [1.29, 1.82) is 0 Å². The van der Waals surface area contributed by atoms with Crippen LogP contribution in [0.15, 0.2) is 24.3 Å². The minimum Gasteiger partial charge on any atom is -0.369 e. The van der Waals surface area contributed by atoms with Crippen LogP contribution in [0.2, 0.25) is 0 Å². The molecule has 0 spiro atoms. The zero-order valence-electron chi connectivity index (χ0n) is 16.3. The SMILES string of the molecule is CC(C)[C@H]1CCO[C@H]1C(=O)Nc1cccc(CN2CCC(C(N)=O)CC2)c1. The fourth-order valence-corrected chi connectivity index (χ4v) is 4.15. The van der Waals surface area contributed by atoms with E-state index in [1.165, 1.54) is 0 Å². The molecular formula is C21H31N3O3. The maximum Gasteiger partial charge on any atom is 0.253 e. The number of piperidine rings is 1. The number of ether oxygens (including phenoxy) is 1. The molecule has 0 aromatic heterocycles. The van der Waals surface area contributed by atoms with Gasteiger partial charge >= 0.3 is 0 Å². The van der Waals surface area contributed by atoms with Crippen LogP contribution in [0.5, 0.6) is 0 Å². The topological polar surface area (TPSA) is 84.7 Å². The quantitative estimate of drug-likeness (QED) is 0.802. The lowest BCUT2D eigenvalue weighted by Crippen LogP contribution is -2.38. The van der Waals surface area contributed by atoms with Crippen molar-refractivity contribution in [2.75, 3.05) is 25.0 Å². The molecule has 0 unspecified atom stereocenters. The van der Waals surface area contributed by atoms with Gasteiger partial charge in [0.2, 0.25) is 5.91 Å². The van der Waals surface area contributed by atoms with Gasteiger partial charge in [-0.1, -0.05) is 26.0 Å². The van der Waals surface area contributed by atoms with Crippen molar-refractivity contribution in [2.24, 2.45) is 23.5 Å². The van der Waals surface area contributed by atoms with E-state index >= 15 is 0 Å². The number of hydrogen-bond donors (Lipinski definition) is 2. The molecule has 0 saturated carbocycles. The molecule has 3 rings (SSSR count). The second-order valence-electron chi connectivity index (χ2n) is 8.13. The van der Waals surface area contributed by atoms with Crippen molar-refractivity contribution in [3.05, 3.63) is 29.8 Å². The summed E-state index contributed by atoms with van der Waals surface area (Å²) >= 11 is 0. The minimum atomic E-state index is -0.360. The van der Waals surface area contributed by atoms with Crippen molar-refractivity contribution < 1.29 is 14.3 Å². The summed E-state index contributed by atoms with van der Waals surface area (Å²) in [6, 6.07) is 7.98. The largest absolute Gasteiger partial charge is 0.369 e. The molecule has 2 fully saturated rings. The van der Waals surface area contributed by atoms with Gasteiger partial charge < -0.3 is 15.8 Å². The summed E-state index contributed by atoms with van der Waals surface area (Å²) in [5.74, 6) is 0.476. The number of amides is 2. The Hall–Kier alpha value is -1.92. The second-order valence-corrected chi connectivity index (χ2v) is 8.13. The molecule has 6 nitrogen and oxygen atoms in total. The van der Waals surface area contributed by atoms with Gasteiger partial charge in [-0.05, 0) is 61.9 Å². The fraction of sp³-hybridized carbons (Fsp3) is 0.619. The molecule has 0 radical (unpaired) electrons. The zero-order chi connectivity index (χ0) is 19.4. The molecule has 0 bridgehead atoms. The number of primary amides is 1. The van der Waals surface area contributed by atoms with Crippen molar-refractivity contribution in [3.63, 3.8) is 0 Å². The minimum absolute atomic E-state index is 0.00665. The van der Waals surface area contributed by atoms with Crippen LogP contribution in [0, 0.1) is 17.8 Å². The van der Waals surface area contributed by atoms with Crippen LogP contribution in [0.3, 0.4) is 0 Å². The van der Waals surface area contributed by atoms with E-state index in [-0.39, 0.29) is 29.8 Å². The second kappa shape index (κ2) is 8.85. The summed E-state index contributed by atoms with van der Waals surface area (Å²) in [6.07, 6.45) is 2.22. The third kappa shape index (κ3) is 5.08. The lowest BCUT2D eigenvalue weighted by atomic mass is 9.89. The van der Waals surface area contributed by atoms with Gasteiger partial charge in [0.1, 0.15) is 6.10 Å².